The van der Waals surface area contributed by atoms with Crippen LogP contribution in [-0.4, -0.2) is 54.0 Å². The lowest BCUT2D eigenvalue weighted by atomic mass is 10.0. The summed E-state index contributed by atoms with van der Waals surface area (Å²) < 4.78 is 9.66. The Morgan fingerprint density at radius 1 is 1.23 bits per heavy atom. The molecule has 1 unspecified atom stereocenters. The van der Waals surface area contributed by atoms with Gasteiger partial charge in [0.05, 0.1) is 6.61 Å². The molecule has 1 aromatic rings. The number of hydrogen-bond donors (Lipinski definition) is 1. The van der Waals surface area contributed by atoms with Crippen molar-refractivity contribution in [1.82, 2.24) is 10.2 Å². The highest BCUT2D eigenvalue weighted by Gasteiger charge is 2.25. The predicted octanol–water partition coefficient (Wildman–Crippen LogP) is 2.57. The van der Waals surface area contributed by atoms with Gasteiger partial charge >= 0.3 is 6.16 Å². The zero-order valence-corrected chi connectivity index (χ0v) is 15.6. The predicted molar refractivity (Wildman–Crippen MR) is 96.5 cm³/mol. The molecule has 1 aliphatic rings. The molecule has 142 valence electrons. The molecule has 0 aliphatic carbocycles. The van der Waals surface area contributed by atoms with Gasteiger partial charge in [0.15, 0.2) is 0 Å². The minimum Gasteiger partial charge on any atom is -0.434 e. The molecular weight excluding hydrogens is 360 g/mol. The van der Waals surface area contributed by atoms with E-state index in [1.807, 2.05) is 0 Å². The van der Waals surface area contributed by atoms with Crippen LogP contribution < -0.4 is 10.1 Å². The third-order valence-corrected chi connectivity index (χ3v) is 4.25. The highest BCUT2D eigenvalue weighted by molar-refractivity contribution is 6.30. The van der Waals surface area contributed by atoms with Crippen molar-refractivity contribution in [3.63, 3.8) is 0 Å². The number of ether oxygens (including phenoxy) is 2. The fourth-order valence-corrected chi connectivity index (χ4v) is 2.70. The van der Waals surface area contributed by atoms with Crippen LogP contribution in [0, 0.1) is 0 Å². The number of amides is 2. The summed E-state index contributed by atoms with van der Waals surface area (Å²) in [7, 11) is 0. The van der Waals surface area contributed by atoms with Crippen LogP contribution in [0.2, 0.25) is 0 Å². The van der Waals surface area contributed by atoms with Gasteiger partial charge in [-0.3, -0.25) is 9.59 Å². The number of nitrogens with zero attached hydrogens (tertiary/aromatic N) is 1. The molecule has 1 aliphatic heterocycles. The average Bonchev–Trinajstić information content (AvgIpc) is 2.62. The van der Waals surface area contributed by atoms with Crippen molar-refractivity contribution in [2.75, 3.05) is 19.7 Å². The second-order valence-electron chi connectivity index (χ2n) is 6.00. The first-order valence-corrected chi connectivity index (χ1v) is 9.02. The highest BCUT2D eigenvalue weighted by Crippen LogP contribution is 2.17. The van der Waals surface area contributed by atoms with Gasteiger partial charge in [-0.15, -0.1) is 11.6 Å². The van der Waals surface area contributed by atoms with Gasteiger partial charge in [0.25, 0.3) is 5.91 Å². The molecule has 26 heavy (non-hydrogen) atoms. The van der Waals surface area contributed by atoms with Crippen LogP contribution >= 0.6 is 11.6 Å². The maximum absolute atomic E-state index is 12.6. The summed E-state index contributed by atoms with van der Waals surface area (Å²) in [5.74, 6) is 0.0356. The summed E-state index contributed by atoms with van der Waals surface area (Å²) in [5, 5.41) is 2.32. The largest absolute Gasteiger partial charge is 0.513 e. The molecule has 1 fully saturated rings. The van der Waals surface area contributed by atoms with Gasteiger partial charge in [-0.05, 0) is 51.0 Å². The van der Waals surface area contributed by atoms with E-state index in [0.717, 1.165) is 0 Å². The number of carbonyl (C=O) groups is 3. The normalized spacial score (nSPS) is 15.9. The lowest BCUT2D eigenvalue weighted by Crippen LogP contribution is -2.47. The molecule has 1 saturated heterocycles. The third kappa shape index (κ3) is 5.62. The third-order valence-electron chi connectivity index (χ3n) is 4.05. The van der Waals surface area contributed by atoms with E-state index in [9.17, 15) is 14.4 Å². The number of hydrogen-bond acceptors (Lipinski definition) is 5. The van der Waals surface area contributed by atoms with Crippen molar-refractivity contribution < 1.29 is 23.9 Å². The van der Waals surface area contributed by atoms with Crippen LogP contribution in [0.15, 0.2) is 24.3 Å². The quantitative estimate of drug-likeness (QED) is 0.480. The van der Waals surface area contributed by atoms with E-state index in [4.69, 9.17) is 21.1 Å². The van der Waals surface area contributed by atoms with Crippen LogP contribution in [0.25, 0.3) is 0 Å². The van der Waals surface area contributed by atoms with E-state index < -0.39 is 11.5 Å². The Hall–Kier alpha value is -2.28. The Labute approximate surface area is 157 Å². The SMILES string of the molecule is CCOC(=O)Oc1ccc(C(=O)N2CCC(NC(=O)C(C)Cl)CC2)cc1. The van der Waals surface area contributed by atoms with E-state index in [0.29, 0.717) is 37.2 Å². The first-order valence-electron chi connectivity index (χ1n) is 8.59. The van der Waals surface area contributed by atoms with Crippen LogP contribution in [0.4, 0.5) is 4.79 Å². The second kappa shape index (κ2) is 9.43. The van der Waals surface area contributed by atoms with E-state index in [2.05, 4.69) is 5.32 Å². The lowest BCUT2D eigenvalue weighted by molar-refractivity contribution is -0.121. The van der Waals surface area contributed by atoms with Crippen molar-refractivity contribution in [2.24, 2.45) is 0 Å². The monoisotopic (exact) mass is 382 g/mol. The summed E-state index contributed by atoms with van der Waals surface area (Å²) in [6.45, 7) is 4.66. The van der Waals surface area contributed by atoms with Crippen molar-refractivity contribution in [3.8, 4) is 5.75 Å². The first-order chi connectivity index (χ1) is 12.4. The zero-order valence-electron chi connectivity index (χ0n) is 14.9. The number of nitrogens with one attached hydrogen (secondary N) is 1. The molecule has 1 heterocycles. The number of halogens is 1. The van der Waals surface area contributed by atoms with Crippen LogP contribution in [0.3, 0.4) is 0 Å². The molecule has 1 aromatic carbocycles. The number of rotatable bonds is 5. The summed E-state index contributed by atoms with van der Waals surface area (Å²) >= 11 is 5.75. The smallest absolute Gasteiger partial charge is 0.434 e. The molecular formula is C18H23ClN2O5. The topological polar surface area (TPSA) is 84.9 Å². The summed E-state index contributed by atoms with van der Waals surface area (Å²) in [4.78, 5) is 37.2. The molecule has 1 atom stereocenters. The molecule has 7 nitrogen and oxygen atoms in total. The highest BCUT2D eigenvalue weighted by atomic mass is 35.5. The van der Waals surface area contributed by atoms with E-state index in [1.165, 1.54) is 0 Å². The summed E-state index contributed by atoms with van der Waals surface area (Å²) in [5.41, 5.74) is 0.512. The molecule has 0 spiro atoms. The maximum atomic E-state index is 12.6. The van der Waals surface area contributed by atoms with Gasteiger partial charge in [0.1, 0.15) is 11.1 Å². The number of piperidine rings is 1. The standard InChI is InChI=1S/C18H23ClN2O5/c1-3-25-18(24)26-15-6-4-13(5-7-15)17(23)21-10-8-14(9-11-21)20-16(22)12(2)19/h4-7,12,14H,3,8-11H2,1-2H3,(H,20,22). The molecule has 1 N–H and O–H groups in total. The van der Waals surface area contributed by atoms with E-state index >= 15 is 0 Å². The van der Waals surface area contributed by atoms with Gasteiger partial charge in [0, 0.05) is 24.7 Å². The van der Waals surface area contributed by atoms with Crippen molar-refractivity contribution >= 4 is 29.6 Å². The molecule has 2 rings (SSSR count). The fourth-order valence-electron chi connectivity index (χ4n) is 2.63. The van der Waals surface area contributed by atoms with Crippen LogP contribution in [0.5, 0.6) is 5.75 Å². The molecule has 0 bridgehead atoms. The molecule has 0 radical (unpaired) electrons. The van der Waals surface area contributed by atoms with E-state index in [-0.39, 0.29) is 24.5 Å². The second-order valence-corrected chi connectivity index (χ2v) is 6.66. The Morgan fingerprint density at radius 3 is 2.38 bits per heavy atom. The Morgan fingerprint density at radius 2 is 1.85 bits per heavy atom. The van der Waals surface area contributed by atoms with Gasteiger partial charge in [0.2, 0.25) is 5.91 Å². The number of likely N-dealkylation sites (tertiary alicyclic amines) is 1. The van der Waals surface area contributed by atoms with Crippen molar-refractivity contribution in [2.45, 2.75) is 38.1 Å². The molecule has 8 heteroatoms. The minimum atomic E-state index is -0.776. The zero-order chi connectivity index (χ0) is 19.1. The Kier molecular flexibility index (Phi) is 7.26. The molecule has 2 amide bonds. The van der Waals surface area contributed by atoms with Crippen molar-refractivity contribution in [3.05, 3.63) is 29.8 Å². The van der Waals surface area contributed by atoms with E-state index in [1.54, 1.807) is 43.0 Å². The summed E-state index contributed by atoms with van der Waals surface area (Å²) in [6, 6.07) is 6.37. The maximum Gasteiger partial charge on any atom is 0.513 e. The first kappa shape index (κ1) is 20.0. The number of alkyl halides is 1. The molecule has 0 aromatic heterocycles. The Balaban J connectivity index is 1.86. The fraction of sp³-hybridized carbons (Fsp3) is 0.500. The Bertz CT molecular complexity index is 639. The van der Waals surface area contributed by atoms with Gasteiger partial charge in [-0.25, -0.2) is 4.79 Å². The minimum absolute atomic E-state index is 0.0353. The van der Waals surface area contributed by atoms with Crippen LogP contribution in [0.1, 0.15) is 37.0 Å². The number of benzene rings is 1. The van der Waals surface area contributed by atoms with Crippen LogP contribution in [-0.2, 0) is 9.53 Å². The number of carbonyl (C=O) groups excluding carboxylic acids is 3. The molecule has 0 saturated carbocycles. The van der Waals surface area contributed by atoms with Gasteiger partial charge in [-0.2, -0.15) is 0 Å². The van der Waals surface area contributed by atoms with Gasteiger partial charge < -0.3 is 19.7 Å². The van der Waals surface area contributed by atoms with Crippen molar-refractivity contribution in [1.29, 1.82) is 0 Å². The van der Waals surface area contributed by atoms with Gasteiger partial charge in [-0.1, -0.05) is 0 Å². The average molecular weight is 383 g/mol. The lowest BCUT2D eigenvalue weighted by Gasteiger charge is -2.32. The summed E-state index contributed by atoms with van der Waals surface area (Å²) in [6.07, 6.45) is 0.595.